The Hall–Kier alpha value is -0.460. The van der Waals surface area contributed by atoms with Crippen LogP contribution >= 0.6 is 11.8 Å². The van der Waals surface area contributed by atoms with Crippen LogP contribution in [-0.4, -0.2) is 15.5 Å². The molecule has 0 aliphatic carbocycles. The molecule has 0 saturated heterocycles. The smallest absolute Gasteiger partial charge is 0.246 e. The maximum absolute atomic E-state index is 10.9. The highest BCUT2D eigenvalue weighted by atomic mass is 32.3. The molecule has 3 N–H and O–H groups in total. The molecule has 0 unspecified atom stereocenters. The van der Waals surface area contributed by atoms with Gasteiger partial charge in [0.25, 0.3) is 0 Å². The molecular weight excluding hydrogens is 184 g/mol. The second kappa shape index (κ2) is 3.80. The number of nitrogens with one attached hydrogen (secondary N) is 1. The Bertz CT molecular complexity index is 268. The molecule has 0 rings (SSSR count). The summed E-state index contributed by atoms with van der Waals surface area (Å²) in [7, 11) is -2.11. The first-order valence-electron chi connectivity index (χ1n) is 2.65. The van der Waals surface area contributed by atoms with Gasteiger partial charge in [0.15, 0.2) is 0 Å². The van der Waals surface area contributed by atoms with Crippen LogP contribution in [0.1, 0.15) is 0 Å². The van der Waals surface area contributed by atoms with Crippen molar-refractivity contribution in [3.63, 3.8) is 0 Å². The molecule has 4 nitrogen and oxygen atoms in total. The van der Waals surface area contributed by atoms with Gasteiger partial charge in [0.2, 0.25) is 10.0 Å². The fraction of sp³-hybridized carbons (Fsp3) is 0.200. The summed E-state index contributed by atoms with van der Waals surface area (Å²) < 4.78 is 23.9. The van der Waals surface area contributed by atoms with Gasteiger partial charge in [-0.1, -0.05) is 24.9 Å². The van der Waals surface area contributed by atoms with Crippen LogP contribution in [0.2, 0.25) is 0 Å². The first kappa shape index (κ1) is 10.5. The third-order valence-electron chi connectivity index (χ3n) is 0.813. The molecule has 0 aliphatic rings. The van der Waals surface area contributed by atoms with Crippen molar-refractivity contribution >= 4 is 21.8 Å². The maximum atomic E-state index is 10.9. The number of nitrogens with two attached hydrogens (primary N) is 1. The first-order valence-corrected chi connectivity index (χ1v) is 4.95. The maximum Gasteiger partial charge on any atom is 0.246 e. The van der Waals surface area contributed by atoms with Gasteiger partial charge in [-0.05, 0) is 7.05 Å². The standard InChI is InChI=1S/C5H10N2O2S2/c1-4(6)10-5(2)11(8,9)7-3/h7H,1-2,6H2,3H3. The lowest BCUT2D eigenvalue weighted by molar-refractivity contribution is 0.596. The Balaban J connectivity index is 4.39. The highest BCUT2D eigenvalue weighted by Gasteiger charge is 2.12. The van der Waals surface area contributed by atoms with Gasteiger partial charge in [0, 0.05) is 0 Å². The van der Waals surface area contributed by atoms with E-state index in [1.165, 1.54) is 7.05 Å². The molecule has 0 aromatic rings. The Kier molecular flexibility index (Phi) is 3.64. The van der Waals surface area contributed by atoms with E-state index in [1.54, 1.807) is 0 Å². The quantitative estimate of drug-likeness (QED) is 0.669. The van der Waals surface area contributed by atoms with Crippen LogP contribution in [0.15, 0.2) is 22.4 Å². The normalized spacial score (nSPS) is 11.0. The van der Waals surface area contributed by atoms with Crippen molar-refractivity contribution in [2.75, 3.05) is 7.05 Å². The molecule has 0 fully saturated rings. The van der Waals surface area contributed by atoms with Gasteiger partial charge in [-0.15, -0.1) is 0 Å². The van der Waals surface area contributed by atoms with Gasteiger partial charge in [-0.2, -0.15) is 0 Å². The highest BCUT2D eigenvalue weighted by molar-refractivity contribution is 8.20. The number of rotatable bonds is 4. The van der Waals surface area contributed by atoms with E-state index in [1.807, 2.05) is 0 Å². The van der Waals surface area contributed by atoms with Gasteiger partial charge in [0.05, 0.1) is 5.03 Å². The number of sulfonamides is 1. The lowest BCUT2D eigenvalue weighted by Gasteiger charge is -2.03. The lowest BCUT2D eigenvalue weighted by atomic mass is 11.1. The van der Waals surface area contributed by atoms with Crippen molar-refractivity contribution in [2.24, 2.45) is 5.73 Å². The van der Waals surface area contributed by atoms with Crippen molar-refractivity contribution in [1.29, 1.82) is 0 Å². The summed E-state index contributed by atoms with van der Waals surface area (Å²) in [5.41, 5.74) is 5.16. The molecule has 11 heavy (non-hydrogen) atoms. The van der Waals surface area contributed by atoms with Gasteiger partial charge < -0.3 is 5.73 Å². The van der Waals surface area contributed by atoms with Gasteiger partial charge >= 0.3 is 0 Å². The molecule has 0 heterocycles. The molecule has 0 saturated carbocycles. The molecule has 0 amide bonds. The van der Waals surface area contributed by atoms with Crippen LogP contribution in [0.3, 0.4) is 0 Å². The van der Waals surface area contributed by atoms with Crippen molar-refractivity contribution in [3.8, 4) is 0 Å². The minimum Gasteiger partial charge on any atom is -0.394 e. The van der Waals surface area contributed by atoms with E-state index in [4.69, 9.17) is 5.73 Å². The van der Waals surface area contributed by atoms with Crippen LogP contribution in [0.4, 0.5) is 0 Å². The van der Waals surface area contributed by atoms with Crippen LogP contribution in [0.25, 0.3) is 0 Å². The van der Waals surface area contributed by atoms with Crippen LogP contribution in [0.5, 0.6) is 0 Å². The summed E-state index contributed by atoms with van der Waals surface area (Å²) in [6.07, 6.45) is 0. The highest BCUT2D eigenvalue weighted by Crippen LogP contribution is 2.22. The van der Waals surface area contributed by atoms with Crippen LogP contribution in [0, 0.1) is 0 Å². The fourth-order valence-electron chi connectivity index (χ4n) is 0.315. The summed E-state index contributed by atoms with van der Waals surface area (Å²) in [5.74, 6) is 0. The summed E-state index contributed by atoms with van der Waals surface area (Å²) in [6.45, 7) is 6.64. The third-order valence-corrected chi connectivity index (χ3v) is 3.35. The van der Waals surface area contributed by atoms with E-state index >= 15 is 0 Å². The molecule has 0 spiro atoms. The fourth-order valence-corrected chi connectivity index (χ4v) is 1.84. The summed E-state index contributed by atoms with van der Waals surface area (Å²) >= 11 is 0.824. The van der Waals surface area contributed by atoms with Gasteiger partial charge in [-0.3, -0.25) is 0 Å². The molecule has 0 atom stereocenters. The predicted molar refractivity (Wildman–Crippen MR) is 48.0 cm³/mol. The van der Waals surface area contributed by atoms with E-state index in [0.717, 1.165) is 11.8 Å². The average molecular weight is 194 g/mol. The largest absolute Gasteiger partial charge is 0.394 e. The lowest BCUT2D eigenvalue weighted by Crippen LogP contribution is -2.18. The molecule has 6 heteroatoms. The Morgan fingerprint density at radius 1 is 1.55 bits per heavy atom. The third kappa shape index (κ3) is 3.45. The van der Waals surface area contributed by atoms with Crippen molar-refractivity contribution in [1.82, 2.24) is 4.72 Å². The van der Waals surface area contributed by atoms with E-state index in [9.17, 15) is 8.42 Å². The van der Waals surface area contributed by atoms with Crippen LogP contribution < -0.4 is 10.5 Å². The van der Waals surface area contributed by atoms with Crippen molar-refractivity contribution in [2.45, 2.75) is 0 Å². The van der Waals surface area contributed by atoms with E-state index < -0.39 is 10.0 Å². The van der Waals surface area contributed by atoms with Gasteiger partial charge in [0.1, 0.15) is 4.24 Å². The molecule has 0 radical (unpaired) electrons. The van der Waals surface area contributed by atoms with E-state index in [0.29, 0.717) is 0 Å². The summed E-state index contributed by atoms with van der Waals surface area (Å²) in [6, 6.07) is 0. The topological polar surface area (TPSA) is 72.2 Å². The van der Waals surface area contributed by atoms with E-state index in [-0.39, 0.29) is 9.27 Å². The zero-order valence-electron chi connectivity index (χ0n) is 6.12. The average Bonchev–Trinajstić information content (AvgIpc) is 1.86. The Morgan fingerprint density at radius 3 is 2.27 bits per heavy atom. The SMILES string of the molecule is C=C(N)SC(=C)S(=O)(=O)NC. The van der Waals surface area contributed by atoms with Crippen molar-refractivity contribution < 1.29 is 8.42 Å². The number of hydrogen-bond donors (Lipinski definition) is 2. The minimum atomic E-state index is -3.42. The second-order valence-electron chi connectivity index (χ2n) is 1.65. The monoisotopic (exact) mass is 194 g/mol. The molecule has 0 bridgehead atoms. The van der Waals surface area contributed by atoms with Crippen LogP contribution in [-0.2, 0) is 10.0 Å². The molecular formula is C5H10N2O2S2. The number of hydrogen-bond acceptors (Lipinski definition) is 4. The number of thioether (sulfide) groups is 1. The molecule has 0 aliphatic heterocycles. The summed E-state index contributed by atoms with van der Waals surface area (Å²) in [4.78, 5) is 0. The zero-order chi connectivity index (χ0) is 9.07. The second-order valence-corrected chi connectivity index (χ2v) is 5.04. The van der Waals surface area contributed by atoms with E-state index in [2.05, 4.69) is 17.9 Å². The molecule has 0 aromatic carbocycles. The minimum absolute atomic E-state index is 0.0486. The molecule has 64 valence electrons. The zero-order valence-corrected chi connectivity index (χ0v) is 7.76. The predicted octanol–water partition coefficient (Wildman–Crippen LogP) is 0.170. The Morgan fingerprint density at radius 2 is 2.00 bits per heavy atom. The summed E-state index contributed by atoms with van der Waals surface area (Å²) in [5, 5.41) is 0.203. The van der Waals surface area contributed by atoms with Crippen molar-refractivity contribution in [3.05, 3.63) is 22.4 Å². The first-order chi connectivity index (χ1) is 4.90. The Labute approximate surface area is 70.6 Å². The molecule has 0 aromatic heterocycles. The van der Waals surface area contributed by atoms with Gasteiger partial charge in [-0.25, -0.2) is 13.1 Å².